The topological polar surface area (TPSA) is 0 Å². The van der Waals surface area contributed by atoms with Crippen molar-refractivity contribution < 1.29 is 61.5 Å². The lowest BCUT2D eigenvalue weighted by Gasteiger charge is -2.24. The van der Waals surface area contributed by atoms with Crippen LogP contribution in [0.15, 0.2) is 0 Å². The van der Waals surface area contributed by atoms with Crippen LogP contribution < -0.4 is 10.6 Å². The number of benzene rings is 4. The molecule has 0 saturated heterocycles. The molecular weight excluding hydrogens is 633 g/mol. The van der Waals surface area contributed by atoms with E-state index < -0.39 is 128 Å². The van der Waals surface area contributed by atoms with E-state index in [9.17, 15) is 39.5 Å². The van der Waals surface area contributed by atoms with Gasteiger partial charge in [-0.15, -0.1) is 0 Å². The third kappa shape index (κ3) is 5.19. The second-order valence-electron chi connectivity index (χ2n) is 9.51. The fourth-order valence-electron chi connectivity index (χ4n) is 4.83. The van der Waals surface area contributed by atoms with Crippen LogP contribution in [-0.4, -0.2) is 6.16 Å². The summed E-state index contributed by atoms with van der Waals surface area (Å²) in [4.78, 5) is 0. The maximum absolute atomic E-state index is 15.8. The van der Waals surface area contributed by atoms with Crippen LogP contribution in [0, 0.1) is 81.4 Å². The first-order valence-corrected chi connectivity index (χ1v) is 14.1. The van der Waals surface area contributed by atoms with Gasteiger partial charge in [0, 0.05) is 10.7 Å². The van der Waals surface area contributed by atoms with E-state index in [4.69, 9.17) is 0 Å². The zero-order chi connectivity index (χ0) is 32.1. The third-order valence-electron chi connectivity index (χ3n) is 6.91. The standard InChI is InChI=1S/C28H17F14P/c1-2-3-4-5-6-7-8-43(27-12-11(16(32)24(40)26(27)42)15(31)22(38)23(39)18(12)34)28-19(35)10-9(17(33)25(28)41)13(29)20(36)21(37)14(10)30/h2-8H2,1H3. The minimum atomic E-state index is -3.52. The van der Waals surface area contributed by atoms with Crippen LogP contribution >= 0.6 is 7.92 Å². The van der Waals surface area contributed by atoms with Crippen molar-refractivity contribution in [2.75, 3.05) is 6.16 Å². The number of fused-ring (bicyclic) bond motifs is 2. The zero-order valence-corrected chi connectivity index (χ0v) is 22.6. The van der Waals surface area contributed by atoms with Gasteiger partial charge in [-0.3, -0.25) is 0 Å². The van der Waals surface area contributed by atoms with Gasteiger partial charge in [-0.1, -0.05) is 39.0 Å². The molecule has 4 aromatic carbocycles. The van der Waals surface area contributed by atoms with Gasteiger partial charge in [0.1, 0.15) is 5.82 Å². The lowest BCUT2D eigenvalue weighted by atomic mass is 10.1. The highest BCUT2D eigenvalue weighted by Gasteiger charge is 2.38. The van der Waals surface area contributed by atoms with Gasteiger partial charge in [0.2, 0.25) is 0 Å². The van der Waals surface area contributed by atoms with Crippen molar-refractivity contribution in [1.82, 2.24) is 0 Å². The average Bonchev–Trinajstić information content (AvgIpc) is 2.98. The predicted octanol–water partition coefficient (Wildman–Crippen LogP) is 9.73. The van der Waals surface area contributed by atoms with Crippen LogP contribution in [0.25, 0.3) is 21.5 Å². The predicted molar refractivity (Wildman–Crippen MR) is 132 cm³/mol. The highest BCUT2D eigenvalue weighted by molar-refractivity contribution is 7.73. The Balaban J connectivity index is 2.15. The molecule has 4 rings (SSSR count). The van der Waals surface area contributed by atoms with E-state index in [1.807, 2.05) is 6.92 Å². The molecule has 0 radical (unpaired) electrons. The summed E-state index contributed by atoms with van der Waals surface area (Å²) in [5.74, 6) is -35.7. The minimum Gasteiger partial charge on any atom is -0.205 e. The van der Waals surface area contributed by atoms with E-state index in [1.165, 1.54) is 0 Å². The Labute approximate surface area is 235 Å². The molecule has 1 unspecified atom stereocenters. The molecule has 0 amide bonds. The van der Waals surface area contributed by atoms with Gasteiger partial charge in [-0.05, 0) is 20.5 Å². The molecule has 0 aliphatic rings. The van der Waals surface area contributed by atoms with Gasteiger partial charge in [0.15, 0.2) is 75.6 Å². The Bertz CT molecular complexity index is 1760. The van der Waals surface area contributed by atoms with Gasteiger partial charge in [-0.2, -0.15) is 0 Å². The van der Waals surface area contributed by atoms with Gasteiger partial charge in [0.05, 0.1) is 21.5 Å². The fourth-order valence-corrected chi connectivity index (χ4v) is 7.54. The summed E-state index contributed by atoms with van der Waals surface area (Å²) in [5.41, 5.74) is 0. The molecule has 0 saturated carbocycles. The summed E-state index contributed by atoms with van der Waals surface area (Å²) in [6.07, 6.45) is 1.73. The zero-order valence-electron chi connectivity index (χ0n) is 21.7. The summed E-state index contributed by atoms with van der Waals surface area (Å²) in [7, 11) is -3.52. The van der Waals surface area contributed by atoms with Gasteiger partial charge in [0.25, 0.3) is 0 Å². The van der Waals surface area contributed by atoms with Crippen LogP contribution in [0.5, 0.6) is 0 Å². The molecule has 0 heterocycles. The van der Waals surface area contributed by atoms with Gasteiger partial charge >= 0.3 is 0 Å². The monoisotopic (exact) mass is 650 g/mol. The smallest absolute Gasteiger partial charge is 0.198 e. The van der Waals surface area contributed by atoms with E-state index in [1.54, 1.807) is 0 Å². The van der Waals surface area contributed by atoms with Crippen LogP contribution in [0.2, 0.25) is 0 Å². The Hall–Kier alpha value is -3.15. The van der Waals surface area contributed by atoms with Crippen LogP contribution in [0.1, 0.15) is 45.4 Å². The Kier molecular flexibility index (Phi) is 9.49. The van der Waals surface area contributed by atoms with E-state index >= 15 is 22.0 Å². The van der Waals surface area contributed by atoms with Gasteiger partial charge < -0.3 is 0 Å². The summed E-state index contributed by atoms with van der Waals surface area (Å²) >= 11 is 0. The van der Waals surface area contributed by atoms with Crippen molar-refractivity contribution in [2.45, 2.75) is 45.4 Å². The number of hydrogen-bond acceptors (Lipinski definition) is 0. The van der Waals surface area contributed by atoms with Crippen LogP contribution in [0.4, 0.5) is 61.5 Å². The lowest BCUT2D eigenvalue weighted by molar-refractivity contribution is 0.411. The molecule has 0 fully saturated rings. The molecule has 0 N–H and O–H groups in total. The molecule has 0 nitrogen and oxygen atoms in total. The average molecular weight is 650 g/mol. The Morgan fingerprint density at radius 3 is 1.14 bits per heavy atom. The molecule has 4 aromatic rings. The molecule has 15 heteroatoms. The molecule has 0 aliphatic heterocycles. The van der Waals surface area contributed by atoms with Crippen molar-refractivity contribution in [3.63, 3.8) is 0 Å². The van der Waals surface area contributed by atoms with Crippen molar-refractivity contribution in [2.24, 2.45) is 0 Å². The highest BCUT2D eigenvalue weighted by Crippen LogP contribution is 2.45. The third-order valence-corrected chi connectivity index (χ3v) is 9.56. The molecule has 0 aromatic heterocycles. The molecule has 43 heavy (non-hydrogen) atoms. The van der Waals surface area contributed by atoms with E-state index in [-0.39, 0.29) is 12.8 Å². The van der Waals surface area contributed by atoms with E-state index in [0.29, 0.717) is 12.8 Å². The summed E-state index contributed by atoms with van der Waals surface area (Å²) in [6.45, 7) is 1.86. The van der Waals surface area contributed by atoms with E-state index in [0.717, 1.165) is 12.8 Å². The summed E-state index contributed by atoms with van der Waals surface area (Å²) in [6, 6.07) is 0. The second-order valence-corrected chi connectivity index (χ2v) is 11.7. The van der Waals surface area contributed by atoms with Crippen molar-refractivity contribution >= 4 is 40.1 Å². The summed E-state index contributed by atoms with van der Waals surface area (Å²) < 4.78 is 206. The number of unbranched alkanes of at least 4 members (excludes halogenated alkanes) is 5. The highest BCUT2D eigenvalue weighted by atomic mass is 31.1. The van der Waals surface area contributed by atoms with Crippen LogP contribution in [0.3, 0.4) is 0 Å². The lowest BCUT2D eigenvalue weighted by Crippen LogP contribution is -2.28. The molecule has 1 atom stereocenters. The molecular formula is C28H17F14P. The maximum Gasteiger partial charge on any atom is 0.198 e. The minimum absolute atomic E-state index is 0.171. The number of hydrogen-bond donors (Lipinski definition) is 0. The molecule has 0 bridgehead atoms. The Morgan fingerprint density at radius 2 is 0.651 bits per heavy atom. The fraction of sp³-hybridized carbons (Fsp3) is 0.286. The molecule has 0 spiro atoms. The summed E-state index contributed by atoms with van der Waals surface area (Å²) in [5, 5.41) is -11.3. The van der Waals surface area contributed by atoms with E-state index in [2.05, 4.69) is 0 Å². The first-order valence-electron chi connectivity index (χ1n) is 12.6. The normalized spacial score (nSPS) is 12.6. The molecule has 0 aliphatic carbocycles. The second kappa shape index (κ2) is 12.5. The number of rotatable bonds is 9. The largest absolute Gasteiger partial charge is 0.205 e. The number of halogens is 14. The van der Waals surface area contributed by atoms with Crippen LogP contribution in [-0.2, 0) is 0 Å². The quantitative estimate of drug-likeness (QED) is 0.0557. The van der Waals surface area contributed by atoms with Crippen molar-refractivity contribution in [3.05, 3.63) is 81.4 Å². The first kappa shape index (κ1) is 32.8. The van der Waals surface area contributed by atoms with Crippen molar-refractivity contribution in [1.29, 1.82) is 0 Å². The maximum atomic E-state index is 15.8. The van der Waals surface area contributed by atoms with Gasteiger partial charge in [-0.25, -0.2) is 61.5 Å². The Morgan fingerprint density at radius 1 is 0.326 bits per heavy atom. The first-order chi connectivity index (χ1) is 20.2. The van der Waals surface area contributed by atoms with Crippen molar-refractivity contribution in [3.8, 4) is 0 Å². The SMILES string of the molecule is CCCCCCCCP(c1c(F)c(F)c2c(F)c(F)c(F)c(F)c2c1F)c1c(F)c(F)c(F)c2c(F)c(F)c(F)c(F)c12. The molecule has 232 valence electrons.